The number of aliphatic carboxylic acids is 1. The third-order valence-electron chi connectivity index (χ3n) is 8.19. The van der Waals surface area contributed by atoms with Crippen molar-refractivity contribution < 1.29 is 24.2 Å². The van der Waals surface area contributed by atoms with Gasteiger partial charge in [-0.05, 0) is 54.5 Å². The summed E-state index contributed by atoms with van der Waals surface area (Å²) in [4.78, 5) is 30.2. The summed E-state index contributed by atoms with van der Waals surface area (Å²) in [5, 5.41) is 10.5. The molecule has 3 atom stereocenters. The second-order valence-corrected chi connectivity index (χ2v) is 10.7. The molecule has 0 spiro atoms. The van der Waals surface area contributed by atoms with Gasteiger partial charge in [-0.25, -0.2) is 0 Å². The standard InChI is InChI=1S/C31H43N3O5/c1-3-4-16-33(17-15-32)29(35)21-34-20-25(23-12-13-28-24(19-23)14-18-39-28)30(31(36)37)26(34)10-7-9-22-8-5-6-11-27(22)38-2/h5-6,8,11-13,19,25-26,30H,3-4,7,9-10,14-18,20-21,32H2,1-2H3,(H,36,37). The molecule has 2 aromatic carbocycles. The molecule has 39 heavy (non-hydrogen) atoms. The number of aryl methyl sites for hydroxylation is 1. The average molecular weight is 538 g/mol. The molecule has 1 fully saturated rings. The Balaban J connectivity index is 1.57. The van der Waals surface area contributed by atoms with Crippen LogP contribution in [0.2, 0.25) is 0 Å². The number of amides is 1. The van der Waals surface area contributed by atoms with Crippen molar-refractivity contribution in [2.45, 2.75) is 57.4 Å². The molecule has 2 heterocycles. The summed E-state index contributed by atoms with van der Waals surface area (Å²) in [5.74, 6) is 0.148. The van der Waals surface area contributed by atoms with Gasteiger partial charge in [0.05, 0.1) is 26.2 Å². The molecule has 0 aliphatic carbocycles. The van der Waals surface area contributed by atoms with Crippen molar-refractivity contribution in [3.8, 4) is 11.5 Å². The number of carbonyl (C=O) groups is 2. The fourth-order valence-electron chi connectivity index (χ4n) is 6.18. The van der Waals surface area contributed by atoms with Crippen molar-refractivity contribution >= 4 is 11.9 Å². The molecule has 2 aliphatic heterocycles. The van der Waals surface area contributed by atoms with Crippen LogP contribution in [0.1, 0.15) is 55.2 Å². The van der Waals surface area contributed by atoms with Crippen LogP contribution in [0.3, 0.4) is 0 Å². The van der Waals surface area contributed by atoms with Crippen LogP contribution in [0.25, 0.3) is 0 Å². The molecule has 3 N–H and O–H groups in total. The predicted molar refractivity (Wildman–Crippen MR) is 151 cm³/mol. The zero-order chi connectivity index (χ0) is 27.8. The number of likely N-dealkylation sites (tertiary alicyclic amines) is 1. The highest BCUT2D eigenvalue weighted by Crippen LogP contribution is 2.41. The smallest absolute Gasteiger partial charge is 0.308 e. The summed E-state index contributed by atoms with van der Waals surface area (Å²) < 4.78 is 11.2. The van der Waals surface area contributed by atoms with Crippen LogP contribution in [0, 0.1) is 5.92 Å². The van der Waals surface area contributed by atoms with Crippen LogP contribution in [0.5, 0.6) is 11.5 Å². The van der Waals surface area contributed by atoms with E-state index in [1.165, 1.54) is 0 Å². The van der Waals surface area contributed by atoms with Gasteiger partial charge in [-0.2, -0.15) is 0 Å². The van der Waals surface area contributed by atoms with E-state index in [2.05, 4.69) is 24.0 Å². The molecule has 212 valence electrons. The number of carboxylic acids is 1. The van der Waals surface area contributed by atoms with Gasteiger partial charge in [0.1, 0.15) is 11.5 Å². The molecule has 0 saturated carbocycles. The first-order valence-corrected chi connectivity index (χ1v) is 14.3. The number of nitrogens with zero attached hydrogens (tertiary/aromatic N) is 2. The van der Waals surface area contributed by atoms with E-state index < -0.39 is 11.9 Å². The minimum absolute atomic E-state index is 0.0239. The van der Waals surface area contributed by atoms with Gasteiger partial charge >= 0.3 is 5.97 Å². The first kappa shape index (κ1) is 28.9. The maximum absolute atomic E-state index is 13.4. The van der Waals surface area contributed by atoms with Gasteiger partial charge in [0.15, 0.2) is 0 Å². The minimum atomic E-state index is -0.807. The molecule has 8 nitrogen and oxygen atoms in total. The molecule has 4 rings (SSSR count). The number of fused-ring (bicyclic) bond motifs is 1. The Morgan fingerprint density at radius 1 is 1.18 bits per heavy atom. The lowest BCUT2D eigenvalue weighted by molar-refractivity contribution is -0.143. The lowest BCUT2D eigenvalue weighted by atomic mass is 9.83. The molecule has 8 heteroatoms. The largest absolute Gasteiger partial charge is 0.496 e. The number of hydrogen-bond acceptors (Lipinski definition) is 6. The molecule has 1 amide bonds. The van der Waals surface area contributed by atoms with Crippen molar-refractivity contribution in [1.82, 2.24) is 9.80 Å². The molecule has 0 aromatic heterocycles. The van der Waals surface area contributed by atoms with Gasteiger partial charge in [-0.15, -0.1) is 0 Å². The van der Waals surface area contributed by atoms with Crippen LogP contribution in [-0.4, -0.2) is 79.3 Å². The average Bonchev–Trinajstić information content (AvgIpc) is 3.55. The summed E-state index contributed by atoms with van der Waals surface area (Å²) in [6, 6.07) is 13.8. The van der Waals surface area contributed by atoms with Crippen molar-refractivity contribution in [2.75, 3.05) is 46.4 Å². The van der Waals surface area contributed by atoms with Gasteiger partial charge in [0.2, 0.25) is 5.91 Å². The topological polar surface area (TPSA) is 105 Å². The second-order valence-electron chi connectivity index (χ2n) is 10.7. The monoisotopic (exact) mass is 537 g/mol. The number of benzene rings is 2. The van der Waals surface area contributed by atoms with Crippen molar-refractivity contribution in [3.05, 3.63) is 59.2 Å². The van der Waals surface area contributed by atoms with Gasteiger partial charge < -0.3 is 25.2 Å². The third kappa shape index (κ3) is 6.92. The summed E-state index contributed by atoms with van der Waals surface area (Å²) in [6.07, 6.45) is 5.01. The number of carbonyl (C=O) groups excluding carboxylic acids is 1. The zero-order valence-corrected chi connectivity index (χ0v) is 23.3. The summed E-state index contributed by atoms with van der Waals surface area (Å²) in [5.41, 5.74) is 9.07. The highest BCUT2D eigenvalue weighted by molar-refractivity contribution is 5.79. The number of unbranched alkanes of at least 4 members (excludes halogenated alkanes) is 1. The molecule has 3 unspecified atom stereocenters. The molecule has 2 aliphatic rings. The Morgan fingerprint density at radius 3 is 2.74 bits per heavy atom. The van der Waals surface area contributed by atoms with Crippen molar-refractivity contribution in [2.24, 2.45) is 11.7 Å². The number of hydrogen-bond donors (Lipinski definition) is 2. The number of ether oxygens (including phenoxy) is 2. The van der Waals surface area contributed by atoms with E-state index in [1.807, 2.05) is 35.2 Å². The fraction of sp³-hybridized carbons (Fsp3) is 0.548. The van der Waals surface area contributed by atoms with Crippen molar-refractivity contribution in [1.29, 1.82) is 0 Å². The SMILES string of the molecule is CCCCN(CCN)C(=O)CN1CC(c2ccc3c(c2)CCO3)C(C(=O)O)C1CCCc1ccccc1OC. The molecule has 0 bridgehead atoms. The van der Waals surface area contributed by atoms with E-state index in [4.69, 9.17) is 15.2 Å². The van der Waals surface area contributed by atoms with Crippen LogP contribution >= 0.6 is 0 Å². The summed E-state index contributed by atoms with van der Waals surface area (Å²) in [7, 11) is 1.67. The number of methoxy groups -OCH3 is 1. The highest BCUT2D eigenvalue weighted by atomic mass is 16.5. The Labute approximate surface area is 232 Å². The fourth-order valence-corrected chi connectivity index (χ4v) is 6.18. The quantitative estimate of drug-likeness (QED) is 0.379. The van der Waals surface area contributed by atoms with E-state index in [0.717, 1.165) is 60.3 Å². The summed E-state index contributed by atoms with van der Waals surface area (Å²) >= 11 is 0. The van der Waals surface area contributed by atoms with E-state index in [-0.39, 0.29) is 24.4 Å². The van der Waals surface area contributed by atoms with Crippen LogP contribution in [-0.2, 0) is 22.4 Å². The number of para-hydroxylation sites is 1. The van der Waals surface area contributed by atoms with Crippen LogP contribution < -0.4 is 15.2 Å². The zero-order valence-electron chi connectivity index (χ0n) is 23.3. The third-order valence-corrected chi connectivity index (χ3v) is 8.19. The number of nitrogens with two attached hydrogens (primary N) is 1. The molecule has 2 aromatic rings. The Bertz CT molecular complexity index is 1120. The molecular weight excluding hydrogens is 494 g/mol. The maximum atomic E-state index is 13.4. The summed E-state index contributed by atoms with van der Waals surface area (Å²) in [6.45, 7) is 5.11. The van der Waals surface area contributed by atoms with Gasteiger partial charge in [0, 0.05) is 44.6 Å². The lowest BCUT2D eigenvalue weighted by Gasteiger charge is -2.29. The van der Waals surface area contributed by atoms with Gasteiger partial charge in [-0.1, -0.05) is 43.7 Å². The van der Waals surface area contributed by atoms with Gasteiger partial charge in [-0.3, -0.25) is 14.5 Å². The van der Waals surface area contributed by atoms with Crippen LogP contribution in [0.4, 0.5) is 0 Å². The lowest BCUT2D eigenvalue weighted by Crippen LogP contribution is -2.45. The van der Waals surface area contributed by atoms with Crippen molar-refractivity contribution in [3.63, 3.8) is 0 Å². The number of rotatable bonds is 14. The number of carboxylic acid groups (broad SMARTS) is 1. The highest BCUT2D eigenvalue weighted by Gasteiger charge is 2.47. The van der Waals surface area contributed by atoms with E-state index in [0.29, 0.717) is 39.2 Å². The Morgan fingerprint density at radius 2 is 2.00 bits per heavy atom. The molecule has 1 saturated heterocycles. The normalized spacial score (nSPS) is 20.4. The van der Waals surface area contributed by atoms with E-state index >= 15 is 0 Å². The minimum Gasteiger partial charge on any atom is -0.496 e. The predicted octanol–water partition coefficient (Wildman–Crippen LogP) is 3.71. The maximum Gasteiger partial charge on any atom is 0.308 e. The van der Waals surface area contributed by atoms with Gasteiger partial charge in [0.25, 0.3) is 0 Å². The Hall–Kier alpha value is -3.10. The van der Waals surface area contributed by atoms with E-state index in [9.17, 15) is 14.7 Å². The Kier molecular flexibility index (Phi) is 10.2. The molecule has 0 radical (unpaired) electrons. The van der Waals surface area contributed by atoms with Crippen LogP contribution in [0.15, 0.2) is 42.5 Å². The first-order valence-electron chi connectivity index (χ1n) is 14.3. The second kappa shape index (κ2) is 13.8. The van der Waals surface area contributed by atoms with E-state index in [1.54, 1.807) is 7.11 Å². The molecular formula is C31H43N3O5. The first-order chi connectivity index (χ1) is 19.0.